The third kappa shape index (κ3) is 4.07. The fraction of sp³-hybridized carbons (Fsp3) is 0.200. The number of fused-ring (bicyclic) bond motifs is 1. The molecule has 0 aliphatic heterocycles. The minimum absolute atomic E-state index is 0.000637. The van der Waals surface area contributed by atoms with Crippen LogP contribution in [0.15, 0.2) is 41.3 Å². The van der Waals surface area contributed by atoms with E-state index in [0.29, 0.717) is 11.1 Å². The lowest BCUT2D eigenvalue weighted by Gasteiger charge is -2.14. The minimum atomic E-state index is -4.59. The number of nitrogens with zero attached hydrogens (tertiary/aromatic N) is 4. The molecule has 0 radical (unpaired) electrons. The van der Waals surface area contributed by atoms with E-state index in [2.05, 4.69) is 15.3 Å². The van der Waals surface area contributed by atoms with Gasteiger partial charge in [-0.3, -0.25) is 14.5 Å². The zero-order chi connectivity index (χ0) is 23.9. The standard InChI is InChI=1S/C20H15ClF3N5O3S/c1-31-14-6-3-10-8-25-28(18(30)16(10)17(14)32-2)9-15-26-27-19(33)29(15)13-7-11(20(22,23)24)4-5-12(13)21/h3-8H,9H2,1-2H3,(H,27,33). The summed E-state index contributed by atoms with van der Waals surface area (Å²) in [6.45, 7) is -0.213. The third-order valence-electron chi connectivity index (χ3n) is 4.91. The highest BCUT2D eigenvalue weighted by Crippen LogP contribution is 2.34. The molecule has 33 heavy (non-hydrogen) atoms. The van der Waals surface area contributed by atoms with Crippen molar-refractivity contribution >= 4 is 34.6 Å². The summed E-state index contributed by atoms with van der Waals surface area (Å²) in [6, 6.07) is 6.16. The second-order valence-electron chi connectivity index (χ2n) is 6.82. The van der Waals surface area contributed by atoms with Crippen LogP contribution in [0.25, 0.3) is 16.5 Å². The average Bonchev–Trinajstić information content (AvgIpc) is 3.14. The summed E-state index contributed by atoms with van der Waals surface area (Å²) < 4.78 is 52.7. The maximum Gasteiger partial charge on any atom is 0.416 e. The van der Waals surface area contributed by atoms with E-state index in [1.165, 1.54) is 25.0 Å². The van der Waals surface area contributed by atoms with Crippen LogP contribution in [0.1, 0.15) is 11.4 Å². The smallest absolute Gasteiger partial charge is 0.416 e. The molecule has 0 saturated carbocycles. The number of aromatic nitrogens is 5. The molecule has 0 saturated heterocycles. The molecule has 8 nitrogen and oxygen atoms in total. The van der Waals surface area contributed by atoms with Gasteiger partial charge in [-0.15, -0.1) is 0 Å². The zero-order valence-corrected chi connectivity index (χ0v) is 18.7. The first kappa shape index (κ1) is 22.8. The van der Waals surface area contributed by atoms with Crippen molar-refractivity contribution in [3.8, 4) is 17.2 Å². The van der Waals surface area contributed by atoms with Crippen LogP contribution in [-0.2, 0) is 12.7 Å². The first-order valence-corrected chi connectivity index (χ1v) is 10.1. The van der Waals surface area contributed by atoms with Gasteiger partial charge in [0.15, 0.2) is 22.1 Å². The highest BCUT2D eigenvalue weighted by atomic mass is 35.5. The van der Waals surface area contributed by atoms with Gasteiger partial charge in [0, 0.05) is 5.39 Å². The van der Waals surface area contributed by atoms with E-state index in [0.717, 1.165) is 22.9 Å². The number of alkyl halides is 3. The average molecular weight is 498 g/mol. The molecule has 2 heterocycles. The Kier molecular flexibility index (Phi) is 5.89. The molecule has 172 valence electrons. The van der Waals surface area contributed by atoms with Gasteiger partial charge in [-0.25, -0.2) is 4.68 Å². The molecule has 2 aromatic heterocycles. The normalized spacial score (nSPS) is 11.7. The van der Waals surface area contributed by atoms with Gasteiger partial charge in [0.25, 0.3) is 5.56 Å². The highest BCUT2D eigenvalue weighted by Gasteiger charge is 2.31. The summed E-state index contributed by atoms with van der Waals surface area (Å²) in [5, 5.41) is 11.5. The minimum Gasteiger partial charge on any atom is -0.493 e. The van der Waals surface area contributed by atoms with Gasteiger partial charge < -0.3 is 9.47 Å². The van der Waals surface area contributed by atoms with E-state index in [1.807, 2.05) is 0 Å². The van der Waals surface area contributed by atoms with Gasteiger partial charge in [-0.05, 0) is 42.5 Å². The van der Waals surface area contributed by atoms with Crippen LogP contribution in [0, 0.1) is 4.77 Å². The number of H-pyrrole nitrogens is 1. The Morgan fingerprint density at radius 1 is 1.18 bits per heavy atom. The molecular weight excluding hydrogens is 483 g/mol. The molecule has 2 aromatic carbocycles. The number of nitrogens with one attached hydrogen (secondary N) is 1. The number of rotatable bonds is 5. The lowest BCUT2D eigenvalue weighted by molar-refractivity contribution is -0.137. The fourth-order valence-corrected chi connectivity index (χ4v) is 3.83. The van der Waals surface area contributed by atoms with Crippen molar-refractivity contribution in [1.29, 1.82) is 0 Å². The van der Waals surface area contributed by atoms with E-state index in [-0.39, 0.29) is 39.0 Å². The van der Waals surface area contributed by atoms with Gasteiger partial charge in [-0.2, -0.15) is 23.4 Å². The Morgan fingerprint density at radius 2 is 1.94 bits per heavy atom. The van der Waals surface area contributed by atoms with Gasteiger partial charge >= 0.3 is 6.18 Å². The molecule has 4 rings (SSSR count). The first-order valence-electron chi connectivity index (χ1n) is 9.30. The third-order valence-corrected chi connectivity index (χ3v) is 5.50. The first-order chi connectivity index (χ1) is 15.7. The van der Waals surface area contributed by atoms with Gasteiger partial charge in [0.05, 0.1) is 42.1 Å². The summed E-state index contributed by atoms with van der Waals surface area (Å²) in [5.74, 6) is 0.714. The van der Waals surface area contributed by atoms with Crippen LogP contribution in [-0.4, -0.2) is 38.8 Å². The topological polar surface area (TPSA) is 87.0 Å². The van der Waals surface area contributed by atoms with Crippen molar-refractivity contribution in [2.24, 2.45) is 0 Å². The van der Waals surface area contributed by atoms with Gasteiger partial charge in [0.2, 0.25) is 0 Å². The Bertz CT molecular complexity index is 1480. The molecule has 1 N–H and O–H groups in total. The quantitative estimate of drug-likeness (QED) is 0.412. The number of halogens is 4. The number of benzene rings is 2. The second kappa shape index (κ2) is 8.52. The van der Waals surface area contributed by atoms with Crippen LogP contribution in [0.2, 0.25) is 5.02 Å². The Hall–Kier alpha value is -3.38. The van der Waals surface area contributed by atoms with Crippen molar-refractivity contribution in [3.63, 3.8) is 0 Å². The van der Waals surface area contributed by atoms with Gasteiger partial charge in [-0.1, -0.05) is 11.6 Å². The molecule has 0 aliphatic rings. The van der Waals surface area contributed by atoms with Crippen LogP contribution in [0.3, 0.4) is 0 Å². The largest absolute Gasteiger partial charge is 0.493 e. The van der Waals surface area contributed by atoms with Crippen LogP contribution >= 0.6 is 23.8 Å². The molecule has 13 heteroatoms. The van der Waals surface area contributed by atoms with Crippen molar-refractivity contribution in [3.05, 3.63) is 68.1 Å². The molecule has 0 unspecified atom stereocenters. The van der Waals surface area contributed by atoms with Crippen LogP contribution in [0.4, 0.5) is 13.2 Å². The summed E-state index contributed by atoms with van der Waals surface area (Å²) in [5.41, 5.74) is -1.46. The lowest BCUT2D eigenvalue weighted by Crippen LogP contribution is -2.25. The molecule has 4 aromatic rings. The van der Waals surface area contributed by atoms with Crippen molar-refractivity contribution in [2.75, 3.05) is 14.2 Å². The van der Waals surface area contributed by atoms with Crippen molar-refractivity contribution in [2.45, 2.75) is 12.7 Å². The van der Waals surface area contributed by atoms with E-state index < -0.39 is 17.3 Å². The summed E-state index contributed by atoms with van der Waals surface area (Å²) in [6.07, 6.45) is -3.13. The summed E-state index contributed by atoms with van der Waals surface area (Å²) in [7, 11) is 2.85. The predicted molar refractivity (Wildman–Crippen MR) is 117 cm³/mol. The van der Waals surface area contributed by atoms with Gasteiger partial charge in [0.1, 0.15) is 6.54 Å². The maximum atomic E-state index is 13.2. The molecule has 0 aliphatic carbocycles. The molecule has 0 fully saturated rings. The van der Waals surface area contributed by atoms with E-state index >= 15 is 0 Å². The number of hydrogen-bond acceptors (Lipinski definition) is 6. The molecule has 0 spiro atoms. The molecular formula is C20H15ClF3N5O3S. The summed E-state index contributed by atoms with van der Waals surface area (Å²) >= 11 is 11.4. The van der Waals surface area contributed by atoms with E-state index in [4.69, 9.17) is 33.3 Å². The number of methoxy groups -OCH3 is 2. The Balaban J connectivity index is 1.86. The highest BCUT2D eigenvalue weighted by molar-refractivity contribution is 7.71. The molecule has 0 bridgehead atoms. The number of hydrogen-bond donors (Lipinski definition) is 1. The molecule has 0 amide bonds. The second-order valence-corrected chi connectivity index (χ2v) is 7.61. The fourth-order valence-electron chi connectivity index (χ4n) is 3.37. The van der Waals surface area contributed by atoms with E-state index in [1.54, 1.807) is 12.1 Å². The Labute approximate surface area is 194 Å². The summed E-state index contributed by atoms with van der Waals surface area (Å²) in [4.78, 5) is 13.2. The Morgan fingerprint density at radius 3 is 2.61 bits per heavy atom. The van der Waals surface area contributed by atoms with Crippen LogP contribution < -0.4 is 15.0 Å². The SMILES string of the molecule is COc1ccc2cnn(Cc3n[nH]c(=S)n3-c3cc(C(F)(F)F)ccc3Cl)c(=O)c2c1OC. The maximum absolute atomic E-state index is 13.2. The number of aromatic amines is 1. The predicted octanol–water partition coefficient (Wildman–Crippen LogP) is 4.38. The van der Waals surface area contributed by atoms with E-state index in [9.17, 15) is 18.0 Å². The zero-order valence-electron chi connectivity index (χ0n) is 17.1. The van der Waals surface area contributed by atoms with Crippen molar-refractivity contribution in [1.82, 2.24) is 24.5 Å². The monoisotopic (exact) mass is 497 g/mol. The molecule has 0 atom stereocenters. The van der Waals surface area contributed by atoms with Crippen LogP contribution in [0.5, 0.6) is 11.5 Å². The lowest BCUT2D eigenvalue weighted by atomic mass is 10.1. The number of ether oxygens (including phenoxy) is 2. The van der Waals surface area contributed by atoms with Crippen molar-refractivity contribution < 1.29 is 22.6 Å².